The SMILES string of the molecule is COc1ccc(CCn2cnc3cc(N=C(NC4C[C@H]5C[C@H]([C@H]4C)C5(C)C)N4CCN(CCO)CC4)ccc3c2=O)c(F)c1. The topological polar surface area (TPSA) is 95.2 Å². The lowest BCUT2D eigenvalue weighted by atomic mass is 9.45. The molecule has 2 N–H and O–H groups in total. The summed E-state index contributed by atoms with van der Waals surface area (Å²) >= 11 is 0. The number of ether oxygens (including phenoxy) is 1. The third-order valence-corrected chi connectivity index (χ3v) is 10.7. The van der Waals surface area contributed by atoms with Gasteiger partial charge < -0.3 is 20.1 Å². The number of hydrogen-bond donors (Lipinski definition) is 2. The van der Waals surface area contributed by atoms with Crippen LogP contribution in [0.5, 0.6) is 5.75 Å². The van der Waals surface area contributed by atoms with Crippen molar-refractivity contribution in [2.24, 2.45) is 28.2 Å². The number of fused-ring (bicyclic) bond motifs is 3. The third-order valence-electron chi connectivity index (χ3n) is 10.7. The van der Waals surface area contributed by atoms with E-state index in [1.165, 1.54) is 30.5 Å². The van der Waals surface area contributed by atoms with Gasteiger partial charge in [-0.15, -0.1) is 0 Å². The van der Waals surface area contributed by atoms with Crippen LogP contribution in [0.25, 0.3) is 10.9 Å². The zero-order valence-corrected chi connectivity index (χ0v) is 26.3. The molecule has 3 aromatic rings. The van der Waals surface area contributed by atoms with Crippen molar-refractivity contribution in [3.05, 3.63) is 64.5 Å². The van der Waals surface area contributed by atoms with Crippen molar-refractivity contribution in [3.8, 4) is 5.75 Å². The quantitative estimate of drug-likeness (QED) is 0.296. The normalized spacial score (nSPS) is 25.1. The Balaban J connectivity index is 1.22. The number of methoxy groups -OCH3 is 1. The number of hydrogen-bond acceptors (Lipinski definition) is 6. The maximum Gasteiger partial charge on any atom is 0.261 e. The molecule has 1 unspecified atom stereocenters. The summed E-state index contributed by atoms with van der Waals surface area (Å²) in [5.74, 6) is 2.99. The van der Waals surface area contributed by atoms with Crippen molar-refractivity contribution < 1.29 is 14.2 Å². The van der Waals surface area contributed by atoms with Crippen molar-refractivity contribution in [1.82, 2.24) is 24.7 Å². The molecule has 1 aliphatic heterocycles. The maximum atomic E-state index is 14.4. The Morgan fingerprint density at radius 3 is 2.61 bits per heavy atom. The molecule has 0 amide bonds. The van der Waals surface area contributed by atoms with E-state index >= 15 is 0 Å². The summed E-state index contributed by atoms with van der Waals surface area (Å²) in [5.41, 5.74) is 2.11. The smallest absolute Gasteiger partial charge is 0.261 e. The summed E-state index contributed by atoms with van der Waals surface area (Å²) in [6, 6.07) is 10.7. The molecule has 44 heavy (non-hydrogen) atoms. The maximum absolute atomic E-state index is 14.4. The molecule has 1 saturated heterocycles. The monoisotopic (exact) mass is 604 g/mol. The summed E-state index contributed by atoms with van der Waals surface area (Å²) in [6.07, 6.45) is 4.37. The Hall–Kier alpha value is -3.50. The average Bonchev–Trinajstić information content (AvgIpc) is 3.02. The highest BCUT2D eigenvalue weighted by molar-refractivity contribution is 5.86. The van der Waals surface area contributed by atoms with Crippen molar-refractivity contribution in [2.75, 3.05) is 46.4 Å². The number of nitrogens with zero attached hydrogens (tertiary/aromatic N) is 5. The van der Waals surface area contributed by atoms with Crippen LogP contribution in [0.4, 0.5) is 10.1 Å². The highest BCUT2D eigenvalue weighted by Crippen LogP contribution is 2.61. The fourth-order valence-electron chi connectivity index (χ4n) is 7.62. The number of halogens is 1. The van der Waals surface area contributed by atoms with Crippen LogP contribution in [-0.4, -0.2) is 82.9 Å². The lowest BCUT2D eigenvalue weighted by Gasteiger charge is -2.62. The first-order valence-corrected chi connectivity index (χ1v) is 15.9. The molecule has 0 radical (unpaired) electrons. The van der Waals surface area contributed by atoms with Crippen LogP contribution in [0.15, 0.2) is 52.5 Å². The van der Waals surface area contributed by atoms with Crippen LogP contribution in [0, 0.1) is 29.0 Å². The van der Waals surface area contributed by atoms with Gasteiger partial charge >= 0.3 is 0 Å². The summed E-state index contributed by atoms with van der Waals surface area (Å²) in [5, 5.41) is 13.8. The summed E-state index contributed by atoms with van der Waals surface area (Å²) < 4.78 is 21.1. The van der Waals surface area contributed by atoms with Gasteiger partial charge in [0.25, 0.3) is 5.56 Å². The number of nitrogens with one attached hydrogen (secondary N) is 1. The number of aromatic nitrogens is 2. The summed E-state index contributed by atoms with van der Waals surface area (Å²) in [4.78, 5) is 27.6. The predicted molar refractivity (Wildman–Crippen MR) is 171 cm³/mol. The Bertz CT molecular complexity index is 1580. The van der Waals surface area contributed by atoms with Crippen LogP contribution in [0.1, 0.15) is 39.2 Å². The Morgan fingerprint density at radius 1 is 1.14 bits per heavy atom. The second-order valence-electron chi connectivity index (χ2n) is 13.3. The summed E-state index contributed by atoms with van der Waals surface area (Å²) in [6.45, 7) is 11.8. The van der Waals surface area contributed by atoms with E-state index < -0.39 is 0 Å². The van der Waals surface area contributed by atoms with Crippen molar-refractivity contribution >= 4 is 22.5 Å². The van der Waals surface area contributed by atoms with Crippen LogP contribution in [-0.2, 0) is 13.0 Å². The first kappa shape index (κ1) is 30.5. The van der Waals surface area contributed by atoms with Gasteiger partial charge in [0.05, 0.1) is 36.6 Å². The number of rotatable bonds is 8. The molecule has 236 valence electrons. The molecule has 7 rings (SSSR count). The van der Waals surface area contributed by atoms with Crippen molar-refractivity contribution in [2.45, 2.75) is 52.6 Å². The van der Waals surface area contributed by atoms with Gasteiger partial charge in [0, 0.05) is 51.4 Å². The first-order valence-electron chi connectivity index (χ1n) is 15.9. The molecule has 2 bridgehead atoms. The van der Waals surface area contributed by atoms with Crippen LogP contribution < -0.4 is 15.6 Å². The zero-order valence-electron chi connectivity index (χ0n) is 26.3. The number of β-amino-alcohol motifs (C(OH)–C–C–N with tert-alkyl or cyclic N) is 1. The van der Waals surface area contributed by atoms with E-state index in [-0.39, 0.29) is 18.0 Å². The van der Waals surface area contributed by atoms with Gasteiger partial charge in [-0.1, -0.05) is 26.8 Å². The third kappa shape index (κ3) is 5.94. The Labute approximate surface area is 258 Å². The standard InChI is InChI=1S/C34H45FN6O3/c1-22-28-17-24(34(28,2)3)18-30(22)38-33(40-13-11-39(12-14-40)15-16-42)37-25-6-8-27-31(19-25)36-21-41(32(27)43)10-9-23-5-7-26(44-4)20-29(23)35/h5-8,19-22,24,28,30,42H,9-18H2,1-4H3,(H,37,38)/t22-,24-,28-,30?/m1/s1. The first-order chi connectivity index (χ1) is 21.2. The van der Waals surface area contributed by atoms with Crippen LogP contribution in [0.2, 0.25) is 0 Å². The van der Waals surface area contributed by atoms with Gasteiger partial charge in [0.15, 0.2) is 5.96 Å². The molecule has 3 saturated carbocycles. The molecule has 3 aliphatic carbocycles. The van der Waals surface area contributed by atoms with E-state index in [0.29, 0.717) is 59.1 Å². The van der Waals surface area contributed by atoms with Crippen LogP contribution in [0.3, 0.4) is 0 Å². The van der Waals surface area contributed by atoms with Crippen molar-refractivity contribution in [1.29, 1.82) is 0 Å². The fourth-order valence-corrected chi connectivity index (χ4v) is 7.62. The zero-order chi connectivity index (χ0) is 31.0. The molecule has 10 heteroatoms. The van der Waals surface area contributed by atoms with E-state index in [0.717, 1.165) is 56.1 Å². The molecule has 4 atom stereocenters. The molecule has 0 spiro atoms. The minimum atomic E-state index is -0.351. The Morgan fingerprint density at radius 2 is 1.93 bits per heavy atom. The van der Waals surface area contributed by atoms with Gasteiger partial charge in [-0.3, -0.25) is 14.3 Å². The second kappa shape index (κ2) is 12.5. The second-order valence-corrected chi connectivity index (χ2v) is 13.3. The highest BCUT2D eigenvalue weighted by atomic mass is 19.1. The average molecular weight is 605 g/mol. The lowest BCUT2D eigenvalue weighted by molar-refractivity contribution is -0.112. The molecule has 2 heterocycles. The molecule has 9 nitrogen and oxygen atoms in total. The number of aliphatic hydroxyl groups is 1. The number of aliphatic imine (C=N–C) groups is 1. The van der Waals surface area contributed by atoms with E-state index in [9.17, 15) is 14.3 Å². The van der Waals surface area contributed by atoms with Gasteiger partial charge in [0.1, 0.15) is 11.6 Å². The number of piperazine rings is 1. The number of guanidine groups is 1. The number of aliphatic hydroxyl groups excluding tert-OH is 1. The van der Waals surface area contributed by atoms with Crippen molar-refractivity contribution in [3.63, 3.8) is 0 Å². The number of aryl methyl sites for hydroxylation is 2. The molecule has 2 aromatic carbocycles. The van der Waals surface area contributed by atoms with Gasteiger partial charge in [-0.25, -0.2) is 14.4 Å². The molecular weight excluding hydrogens is 559 g/mol. The highest BCUT2D eigenvalue weighted by Gasteiger charge is 2.56. The van der Waals surface area contributed by atoms with E-state index in [1.54, 1.807) is 18.2 Å². The van der Waals surface area contributed by atoms with Gasteiger partial charge in [-0.05, 0) is 72.3 Å². The minimum absolute atomic E-state index is 0.157. The lowest BCUT2D eigenvalue weighted by Crippen LogP contribution is -2.63. The van der Waals surface area contributed by atoms with Gasteiger partial charge in [-0.2, -0.15) is 0 Å². The van der Waals surface area contributed by atoms with E-state index in [4.69, 9.17) is 9.73 Å². The molecular formula is C34H45FN6O3. The molecule has 4 aliphatic rings. The molecule has 1 aromatic heterocycles. The summed E-state index contributed by atoms with van der Waals surface area (Å²) in [7, 11) is 1.50. The van der Waals surface area contributed by atoms with E-state index in [2.05, 4.69) is 40.9 Å². The van der Waals surface area contributed by atoms with Gasteiger partial charge in [0.2, 0.25) is 0 Å². The van der Waals surface area contributed by atoms with E-state index in [1.807, 2.05) is 12.1 Å². The number of benzene rings is 2. The molecule has 4 fully saturated rings. The predicted octanol–water partition coefficient (Wildman–Crippen LogP) is 4.04. The largest absolute Gasteiger partial charge is 0.497 e. The Kier molecular flexibility index (Phi) is 8.66. The van der Waals surface area contributed by atoms with Crippen LogP contribution >= 0.6 is 0 Å². The fraction of sp³-hybridized carbons (Fsp3) is 0.559. The minimum Gasteiger partial charge on any atom is -0.497 e.